The van der Waals surface area contributed by atoms with Crippen molar-refractivity contribution in [3.05, 3.63) is 12.0 Å². The molecule has 1 aromatic rings. The first-order chi connectivity index (χ1) is 7.41. The number of hydrogen-bond acceptors (Lipinski definition) is 4. The molecule has 0 bridgehead atoms. The monoisotopic (exact) mass is 280 g/mol. The SMILES string of the molecule is Cc1nc(S(=O)(=O)N2CC[C@@H](N)C2)cn1C.Cl. The van der Waals surface area contributed by atoms with Crippen LogP contribution < -0.4 is 5.73 Å². The van der Waals surface area contributed by atoms with Gasteiger partial charge in [-0.05, 0) is 13.3 Å². The van der Waals surface area contributed by atoms with Crippen LogP contribution in [0.4, 0.5) is 0 Å². The minimum absolute atomic E-state index is 0. The summed E-state index contributed by atoms with van der Waals surface area (Å²) in [5.74, 6) is 0.682. The van der Waals surface area contributed by atoms with Gasteiger partial charge in [0.15, 0.2) is 5.03 Å². The molecule has 0 spiro atoms. The molecular formula is C9H17ClN4O2S. The first-order valence-corrected chi connectivity index (χ1v) is 6.61. The number of imidazole rings is 1. The lowest BCUT2D eigenvalue weighted by Gasteiger charge is -2.13. The fourth-order valence-corrected chi connectivity index (χ4v) is 3.29. The molecule has 0 unspecified atom stereocenters. The normalized spacial score (nSPS) is 21.5. The molecular weight excluding hydrogens is 264 g/mol. The van der Waals surface area contributed by atoms with Crippen molar-refractivity contribution in [3.63, 3.8) is 0 Å². The Morgan fingerprint density at radius 3 is 2.59 bits per heavy atom. The number of nitrogens with zero attached hydrogens (tertiary/aromatic N) is 3. The molecule has 1 aliphatic rings. The lowest BCUT2D eigenvalue weighted by Crippen LogP contribution is -2.32. The quantitative estimate of drug-likeness (QED) is 0.818. The average Bonchev–Trinajstić information content (AvgIpc) is 2.75. The van der Waals surface area contributed by atoms with Gasteiger partial charge in [0.25, 0.3) is 10.0 Å². The molecule has 1 aliphatic heterocycles. The fourth-order valence-electron chi connectivity index (χ4n) is 1.76. The van der Waals surface area contributed by atoms with E-state index in [4.69, 9.17) is 5.73 Å². The summed E-state index contributed by atoms with van der Waals surface area (Å²) in [5.41, 5.74) is 5.70. The van der Waals surface area contributed by atoms with Crippen LogP contribution in [0.2, 0.25) is 0 Å². The van der Waals surface area contributed by atoms with Crippen molar-refractivity contribution in [1.82, 2.24) is 13.9 Å². The van der Waals surface area contributed by atoms with Crippen molar-refractivity contribution < 1.29 is 8.42 Å². The standard InChI is InChI=1S/C9H16N4O2S.ClH/c1-7-11-9(6-12(7)2)16(14,15)13-4-3-8(10)5-13;/h6,8H,3-5,10H2,1-2H3;1H/t8-;/m1./s1. The minimum atomic E-state index is -3.45. The van der Waals surface area contributed by atoms with Crippen molar-refractivity contribution in [2.75, 3.05) is 13.1 Å². The van der Waals surface area contributed by atoms with Crippen LogP contribution in [0, 0.1) is 6.92 Å². The number of hydrogen-bond donors (Lipinski definition) is 1. The van der Waals surface area contributed by atoms with E-state index in [9.17, 15) is 8.42 Å². The second kappa shape index (κ2) is 4.93. The van der Waals surface area contributed by atoms with Gasteiger partial charge in [-0.1, -0.05) is 0 Å². The molecule has 8 heteroatoms. The zero-order chi connectivity index (χ0) is 11.9. The fraction of sp³-hybridized carbons (Fsp3) is 0.667. The van der Waals surface area contributed by atoms with Gasteiger partial charge >= 0.3 is 0 Å². The summed E-state index contributed by atoms with van der Waals surface area (Å²) in [6.45, 7) is 2.64. The summed E-state index contributed by atoms with van der Waals surface area (Å²) in [7, 11) is -1.68. The van der Waals surface area contributed by atoms with E-state index in [2.05, 4.69) is 4.98 Å². The van der Waals surface area contributed by atoms with E-state index in [1.807, 2.05) is 0 Å². The smallest absolute Gasteiger partial charge is 0.262 e. The van der Waals surface area contributed by atoms with Crippen LogP contribution in [-0.4, -0.2) is 41.4 Å². The number of halogens is 1. The highest BCUT2D eigenvalue weighted by atomic mass is 35.5. The Kier molecular flexibility index (Phi) is 4.19. The number of aromatic nitrogens is 2. The second-order valence-electron chi connectivity index (χ2n) is 4.15. The van der Waals surface area contributed by atoms with Crippen LogP contribution in [0.1, 0.15) is 12.2 Å². The van der Waals surface area contributed by atoms with Crippen LogP contribution in [0.5, 0.6) is 0 Å². The molecule has 1 saturated heterocycles. The topological polar surface area (TPSA) is 81.2 Å². The zero-order valence-corrected chi connectivity index (χ0v) is 11.5. The Bertz CT molecular complexity index is 480. The predicted octanol–water partition coefficient (Wildman–Crippen LogP) is -0.128. The molecule has 2 heterocycles. The number of aryl methyl sites for hydroxylation is 2. The van der Waals surface area contributed by atoms with Crippen molar-refractivity contribution in [2.24, 2.45) is 12.8 Å². The molecule has 0 saturated carbocycles. The first-order valence-electron chi connectivity index (χ1n) is 5.17. The molecule has 1 aromatic heterocycles. The Morgan fingerprint density at radius 1 is 1.53 bits per heavy atom. The second-order valence-corrected chi connectivity index (χ2v) is 6.03. The summed E-state index contributed by atoms with van der Waals surface area (Å²) >= 11 is 0. The van der Waals surface area contributed by atoms with Crippen molar-refractivity contribution >= 4 is 22.4 Å². The molecule has 2 N–H and O–H groups in total. The highest BCUT2D eigenvalue weighted by molar-refractivity contribution is 7.89. The third-order valence-corrected chi connectivity index (χ3v) is 4.61. The molecule has 0 radical (unpaired) electrons. The Hall–Kier alpha value is -0.630. The van der Waals surface area contributed by atoms with Crippen LogP contribution in [0.3, 0.4) is 0 Å². The van der Waals surface area contributed by atoms with Crippen molar-refractivity contribution in [2.45, 2.75) is 24.4 Å². The molecule has 0 aliphatic carbocycles. The van der Waals surface area contributed by atoms with E-state index in [0.29, 0.717) is 25.3 Å². The van der Waals surface area contributed by atoms with Gasteiger partial charge in [0.2, 0.25) is 0 Å². The van der Waals surface area contributed by atoms with Gasteiger partial charge in [0.05, 0.1) is 0 Å². The van der Waals surface area contributed by atoms with Crippen LogP contribution >= 0.6 is 12.4 Å². The summed E-state index contributed by atoms with van der Waals surface area (Å²) in [4.78, 5) is 4.04. The summed E-state index contributed by atoms with van der Waals surface area (Å²) < 4.78 is 27.4. The van der Waals surface area contributed by atoms with E-state index in [1.165, 1.54) is 10.5 Å². The molecule has 98 valence electrons. The van der Waals surface area contributed by atoms with Crippen molar-refractivity contribution in [3.8, 4) is 0 Å². The number of nitrogens with two attached hydrogens (primary N) is 1. The molecule has 6 nitrogen and oxygen atoms in total. The largest absolute Gasteiger partial charge is 0.337 e. The lowest BCUT2D eigenvalue weighted by atomic mass is 10.3. The average molecular weight is 281 g/mol. The predicted molar refractivity (Wildman–Crippen MR) is 66.5 cm³/mol. The van der Waals surface area contributed by atoms with Gasteiger partial charge in [-0.15, -0.1) is 12.4 Å². The van der Waals surface area contributed by atoms with Gasteiger partial charge in [0.1, 0.15) is 5.82 Å². The summed E-state index contributed by atoms with van der Waals surface area (Å²) in [6, 6.07) is -0.0559. The molecule has 0 aromatic carbocycles. The van der Waals surface area contributed by atoms with Gasteiger partial charge in [-0.2, -0.15) is 4.31 Å². The zero-order valence-electron chi connectivity index (χ0n) is 9.83. The van der Waals surface area contributed by atoms with E-state index < -0.39 is 10.0 Å². The lowest BCUT2D eigenvalue weighted by molar-refractivity contribution is 0.470. The minimum Gasteiger partial charge on any atom is -0.337 e. The molecule has 17 heavy (non-hydrogen) atoms. The highest BCUT2D eigenvalue weighted by Crippen LogP contribution is 2.19. The first kappa shape index (κ1) is 14.4. The van der Waals surface area contributed by atoms with E-state index in [0.717, 1.165) is 0 Å². The Labute approximate surface area is 107 Å². The van der Waals surface area contributed by atoms with Crippen LogP contribution in [-0.2, 0) is 17.1 Å². The number of sulfonamides is 1. The third kappa shape index (κ3) is 2.62. The Morgan fingerprint density at radius 2 is 2.18 bits per heavy atom. The summed E-state index contributed by atoms with van der Waals surface area (Å²) in [6.07, 6.45) is 2.25. The molecule has 1 fully saturated rings. The number of rotatable bonds is 2. The van der Waals surface area contributed by atoms with Crippen LogP contribution in [0.25, 0.3) is 0 Å². The van der Waals surface area contributed by atoms with E-state index in [-0.39, 0.29) is 23.5 Å². The Balaban J connectivity index is 0.00000144. The van der Waals surface area contributed by atoms with Gasteiger partial charge in [-0.25, -0.2) is 13.4 Å². The summed E-state index contributed by atoms with van der Waals surface area (Å²) in [5, 5.41) is 0.113. The molecule has 0 amide bonds. The van der Waals surface area contributed by atoms with Gasteiger partial charge in [-0.3, -0.25) is 0 Å². The van der Waals surface area contributed by atoms with Crippen LogP contribution in [0.15, 0.2) is 11.2 Å². The van der Waals surface area contributed by atoms with Gasteiger partial charge < -0.3 is 10.3 Å². The van der Waals surface area contributed by atoms with E-state index in [1.54, 1.807) is 18.5 Å². The third-order valence-electron chi connectivity index (χ3n) is 2.88. The maximum Gasteiger partial charge on any atom is 0.262 e. The highest BCUT2D eigenvalue weighted by Gasteiger charge is 2.32. The maximum absolute atomic E-state index is 12.1. The van der Waals surface area contributed by atoms with Gasteiger partial charge in [0, 0.05) is 32.4 Å². The maximum atomic E-state index is 12.1. The molecule has 1 atom stereocenters. The molecule has 2 rings (SSSR count). The van der Waals surface area contributed by atoms with E-state index >= 15 is 0 Å². The van der Waals surface area contributed by atoms with Crippen molar-refractivity contribution in [1.29, 1.82) is 0 Å².